The van der Waals surface area contributed by atoms with Crippen LogP contribution in [0.5, 0.6) is 0 Å². The first-order valence-electron chi connectivity index (χ1n) is 6.28. The second-order valence-electron chi connectivity index (χ2n) is 5.95. The molecule has 0 aromatic carbocycles. The molecule has 16 heavy (non-hydrogen) atoms. The SMILES string of the molecule is CC(C)(C)c1cncn1C1CCCCC1N. The first-order valence-corrected chi connectivity index (χ1v) is 6.28. The van der Waals surface area contributed by atoms with E-state index in [0.29, 0.717) is 12.1 Å². The molecular formula is C13H23N3. The number of nitrogens with zero attached hydrogens (tertiary/aromatic N) is 2. The number of aromatic nitrogens is 2. The largest absolute Gasteiger partial charge is 0.329 e. The summed E-state index contributed by atoms with van der Waals surface area (Å²) in [6.45, 7) is 6.69. The summed E-state index contributed by atoms with van der Waals surface area (Å²) in [6, 6.07) is 0.745. The third-order valence-corrected chi connectivity index (χ3v) is 3.57. The van der Waals surface area contributed by atoms with E-state index in [1.807, 2.05) is 12.5 Å². The van der Waals surface area contributed by atoms with E-state index in [2.05, 4.69) is 30.3 Å². The highest BCUT2D eigenvalue weighted by atomic mass is 15.1. The highest BCUT2D eigenvalue weighted by Crippen LogP contribution is 2.32. The van der Waals surface area contributed by atoms with Gasteiger partial charge in [0.1, 0.15) is 0 Å². The third-order valence-electron chi connectivity index (χ3n) is 3.57. The molecule has 1 heterocycles. The number of imidazole rings is 1. The molecule has 3 nitrogen and oxygen atoms in total. The van der Waals surface area contributed by atoms with Gasteiger partial charge in [0, 0.05) is 29.4 Å². The van der Waals surface area contributed by atoms with E-state index in [4.69, 9.17) is 5.73 Å². The van der Waals surface area contributed by atoms with Crippen LogP contribution in [0.25, 0.3) is 0 Å². The minimum atomic E-state index is 0.146. The van der Waals surface area contributed by atoms with Crippen molar-refractivity contribution in [3.05, 3.63) is 18.2 Å². The fraction of sp³-hybridized carbons (Fsp3) is 0.769. The van der Waals surface area contributed by atoms with E-state index in [0.717, 1.165) is 6.42 Å². The van der Waals surface area contributed by atoms with Crippen molar-refractivity contribution in [1.29, 1.82) is 0 Å². The summed E-state index contributed by atoms with van der Waals surface area (Å²) in [6.07, 6.45) is 8.85. The molecule has 0 bridgehead atoms. The molecule has 1 aromatic rings. The molecular weight excluding hydrogens is 198 g/mol. The van der Waals surface area contributed by atoms with Gasteiger partial charge in [-0.15, -0.1) is 0 Å². The van der Waals surface area contributed by atoms with Crippen LogP contribution < -0.4 is 5.73 Å². The second-order valence-corrected chi connectivity index (χ2v) is 5.95. The normalized spacial score (nSPS) is 27.0. The summed E-state index contributed by atoms with van der Waals surface area (Å²) >= 11 is 0. The number of hydrogen-bond donors (Lipinski definition) is 1. The summed E-state index contributed by atoms with van der Waals surface area (Å²) in [5.41, 5.74) is 7.68. The number of hydrogen-bond acceptors (Lipinski definition) is 2. The molecule has 1 fully saturated rings. The van der Waals surface area contributed by atoms with Crippen LogP contribution in [0.2, 0.25) is 0 Å². The summed E-state index contributed by atoms with van der Waals surface area (Å²) in [7, 11) is 0. The zero-order chi connectivity index (χ0) is 11.8. The van der Waals surface area contributed by atoms with Crippen molar-refractivity contribution in [2.24, 2.45) is 5.73 Å². The smallest absolute Gasteiger partial charge is 0.0951 e. The molecule has 1 aliphatic carbocycles. The van der Waals surface area contributed by atoms with Crippen molar-refractivity contribution in [2.45, 2.75) is 64.0 Å². The van der Waals surface area contributed by atoms with Gasteiger partial charge in [0.2, 0.25) is 0 Å². The Bertz CT molecular complexity index is 348. The lowest BCUT2D eigenvalue weighted by Crippen LogP contribution is -2.36. The lowest BCUT2D eigenvalue weighted by molar-refractivity contribution is 0.292. The van der Waals surface area contributed by atoms with Crippen molar-refractivity contribution in [1.82, 2.24) is 9.55 Å². The van der Waals surface area contributed by atoms with E-state index in [1.165, 1.54) is 25.0 Å². The average molecular weight is 221 g/mol. The summed E-state index contributed by atoms with van der Waals surface area (Å²) < 4.78 is 2.31. The minimum Gasteiger partial charge on any atom is -0.329 e. The second kappa shape index (κ2) is 4.21. The molecule has 0 aliphatic heterocycles. The zero-order valence-electron chi connectivity index (χ0n) is 10.6. The highest BCUT2D eigenvalue weighted by molar-refractivity contribution is 5.12. The van der Waals surface area contributed by atoms with Gasteiger partial charge in [0.25, 0.3) is 0 Å². The van der Waals surface area contributed by atoms with E-state index in [9.17, 15) is 0 Å². The Kier molecular flexibility index (Phi) is 3.06. The lowest BCUT2D eigenvalue weighted by atomic mass is 9.88. The zero-order valence-corrected chi connectivity index (χ0v) is 10.6. The summed E-state index contributed by atoms with van der Waals surface area (Å²) in [5, 5.41) is 0. The van der Waals surface area contributed by atoms with E-state index >= 15 is 0 Å². The molecule has 2 unspecified atom stereocenters. The molecule has 1 aliphatic rings. The molecule has 3 heteroatoms. The number of rotatable bonds is 1. The summed E-state index contributed by atoms with van der Waals surface area (Å²) in [5.74, 6) is 0. The van der Waals surface area contributed by atoms with E-state index in [1.54, 1.807) is 0 Å². The third kappa shape index (κ3) is 2.14. The predicted molar refractivity (Wildman–Crippen MR) is 66.4 cm³/mol. The van der Waals surface area contributed by atoms with Crippen LogP contribution in [0.1, 0.15) is 58.2 Å². The topological polar surface area (TPSA) is 43.8 Å². The Balaban J connectivity index is 2.29. The van der Waals surface area contributed by atoms with Gasteiger partial charge in [-0.3, -0.25) is 0 Å². The monoisotopic (exact) mass is 221 g/mol. The standard InChI is InChI=1S/C13H23N3/c1-13(2,3)12-8-15-9-16(12)11-7-5-4-6-10(11)14/h8-11H,4-7,14H2,1-3H3. The van der Waals surface area contributed by atoms with Crippen LogP contribution in [0.3, 0.4) is 0 Å². The highest BCUT2D eigenvalue weighted by Gasteiger charge is 2.28. The summed E-state index contributed by atoms with van der Waals surface area (Å²) in [4.78, 5) is 4.31. The molecule has 0 spiro atoms. The van der Waals surface area contributed by atoms with Gasteiger partial charge in [-0.05, 0) is 12.8 Å². The number of nitrogens with two attached hydrogens (primary N) is 1. The molecule has 1 saturated carbocycles. The first kappa shape index (κ1) is 11.6. The van der Waals surface area contributed by atoms with Gasteiger partial charge in [0.05, 0.1) is 6.33 Å². The first-order chi connectivity index (χ1) is 7.50. The lowest BCUT2D eigenvalue weighted by Gasteiger charge is -2.33. The minimum absolute atomic E-state index is 0.146. The molecule has 90 valence electrons. The van der Waals surface area contributed by atoms with Crippen LogP contribution >= 0.6 is 0 Å². The quantitative estimate of drug-likeness (QED) is 0.792. The fourth-order valence-corrected chi connectivity index (χ4v) is 2.64. The van der Waals surface area contributed by atoms with Crippen LogP contribution in [0.15, 0.2) is 12.5 Å². The van der Waals surface area contributed by atoms with Gasteiger partial charge >= 0.3 is 0 Å². The molecule has 2 N–H and O–H groups in total. The van der Waals surface area contributed by atoms with Gasteiger partial charge < -0.3 is 10.3 Å². The predicted octanol–water partition coefficient (Wildman–Crippen LogP) is 2.62. The van der Waals surface area contributed by atoms with Gasteiger partial charge in [-0.25, -0.2) is 4.98 Å². The van der Waals surface area contributed by atoms with Crippen molar-refractivity contribution in [3.63, 3.8) is 0 Å². The fourth-order valence-electron chi connectivity index (χ4n) is 2.64. The molecule has 0 saturated heterocycles. The maximum atomic E-state index is 6.23. The maximum absolute atomic E-state index is 6.23. The Morgan fingerprint density at radius 2 is 2.00 bits per heavy atom. The van der Waals surface area contributed by atoms with E-state index in [-0.39, 0.29) is 5.41 Å². The van der Waals surface area contributed by atoms with Crippen molar-refractivity contribution in [3.8, 4) is 0 Å². The van der Waals surface area contributed by atoms with E-state index < -0.39 is 0 Å². The van der Waals surface area contributed by atoms with Crippen LogP contribution in [0, 0.1) is 0 Å². The van der Waals surface area contributed by atoms with Gasteiger partial charge in [-0.2, -0.15) is 0 Å². The van der Waals surface area contributed by atoms with Crippen molar-refractivity contribution in [2.75, 3.05) is 0 Å². The van der Waals surface area contributed by atoms with Crippen LogP contribution in [0.4, 0.5) is 0 Å². The Labute approximate surface area is 98.1 Å². The maximum Gasteiger partial charge on any atom is 0.0951 e. The molecule has 1 aromatic heterocycles. The Morgan fingerprint density at radius 1 is 1.31 bits per heavy atom. The van der Waals surface area contributed by atoms with Gasteiger partial charge in [0.15, 0.2) is 0 Å². The molecule has 2 rings (SSSR count). The molecule has 0 amide bonds. The van der Waals surface area contributed by atoms with Crippen molar-refractivity contribution >= 4 is 0 Å². The Hall–Kier alpha value is -0.830. The van der Waals surface area contributed by atoms with Gasteiger partial charge in [-0.1, -0.05) is 33.6 Å². The van der Waals surface area contributed by atoms with Crippen LogP contribution in [-0.2, 0) is 5.41 Å². The molecule has 2 atom stereocenters. The van der Waals surface area contributed by atoms with Crippen LogP contribution in [-0.4, -0.2) is 15.6 Å². The van der Waals surface area contributed by atoms with Crippen molar-refractivity contribution < 1.29 is 0 Å². The Morgan fingerprint density at radius 3 is 2.62 bits per heavy atom. The molecule has 0 radical (unpaired) electrons. The average Bonchev–Trinajstić information content (AvgIpc) is 2.66.